The third kappa shape index (κ3) is 5.08. The van der Waals surface area contributed by atoms with Gasteiger partial charge in [0.2, 0.25) is 11.7 Å². The molecule has 33 heavy (non-hydrogen) atoms. The fourth-order valence-electron chi connectivity index (χ4n) is 3.76. The molecule has 0 atom stereocenters. The van der Waals surface area contributed by atoms with Gasteiger partial charge in [-0.2, -0.15) is 0 Å². The molecule has 0 aliphatic heterocycles. The standard InChI is InChI=1S/C24H29N5O3S/c1-4-32-18-10-8-17(9-11-18)25-21(30)7-5-6-20-26-27-24-28(14-12-16(2)3)23(31)22-19(29(20)24)13-15-33-22/h8-11,13,15-16H,4-7,12,14H2,1-3H3,(H,25,30). The third-order valence-corrected chi connectivity index (χ3v) is 6.35. The highest BCUT2D eigenvalue weighted by molar-refractivity contribution is 7.17. The number of nitrogens with one attached hydrogen (secondary N) is 1. The van der Waals surface area contributed by atoms with E-state index in [1.807, 2.05) is 47.0 Å². The van der Waals surface area contributed by atoms with Crippen LogP contribution in [0.25, 0.3) is 16.0 Å². The minimum absolute atomic E-state index is 0.0122. The Bertz CT molecular complexity index is 1300. The highest BCUT2D eigenvalue weighted by Crippen LogP contribution is 2.21. The number of amides is 1. The first-order chi connectivity index (χ1) is 16.0. The van der Waals surface area contributed by atoms with Gasteiger partial charge in [0.15, 0.2) is 0 Å². The number of hydrogen-bond acceptors (Lipinski definition) is 6. The first-order valence-corrected chi connectivity index (χ1v) is 12.2. The lowest BCUT2D eigenvalue weighted by Crippen LogP contribution is -2.23. The quantitative estimate of drug-likeness (QED) is 0.371. The molecule has 1 amide bonds. The van der Waals surface area contributed by atoms with E-state index < -0.39 is 0 Å². The minimum Gasteiger partial charge on any atom is -0.494 e. The van der Waals surface area contributed by atoms with Crippen molar-refractivity contribution in [3.63, 3.8) is 0 Å². The number of nitrogens with zero attached hydrogens (tertiary/aromatic N) is 4. The fraction of sp³-hybridized carbons (Fsp3) is 0.417. The predicted octanol–water partition coefficient (Wildman–Crippen LogP) is 4.51. The van der Waals surface area contributed by atoms with Crippen LogP contribution in [-0.4, -0.2) is 31.7 Å². The highest BCUT2D eigenvalue weighted by atomic mass is 32.1. The number of hydrogen-bond donors (Lipinski definition) is 1. The second kappa shape index (κ2) is 10.2. The van der Waals surface area contributed by atoms with Crippen molar-refractivity contribution in [2.75, 3.05) is 11.9 Å². The largest absolute Gasteiger partial charge is 0.494 e. The molecule has 0 saturated heterocycles. The molecule has 3 aromatic heterocycles. The first-order valence-electron chi connectivity index (χ1n) is 11.3. The SMILES string of the molecule is CCOc1ccc(NC(=O)CCCc2nnc3n(CCC(C)C)c(=O)c4sccc4n23)cc1. The van der Waals surface area contributed by atoms with Crippen LogP contribution in [0.3, 0.4) is 0 Å². The zero-order valence-corrected chi connectivity index (χ0v) is 20.0. The van der Waals surface area contributed by atoms with E-state index in [9.17, 15) is 9.59 Å². The lowest BCUT2D eigenvalue weighted by atomic mass is 10.1. The van der Waals surface area contributed by atoms with Crippen molar-refractivity contribution in [2.45, 2.75) is 53.0 Å². The van der Waals surface area contributed by atoms with E-state index in [-0.39, 0.29) is 11.5 Å². The number of aryl methyl sites for hydroxylation is 2. The van der Waals surface area contributed by atoms with E-state index in [1.54, 1.807) is 4.57 Å². The molecule has 0 spiro atoms. The van der Waals surface area contributed by atoms with E-state index in [2.05, 4.69) is 29.4 Å². The summed E-state index contributed by atoms with van der Waals surface area (Å²) < 4.78 is 9.84. The average molecular weight is 468 g/mol. The van der Waals surface area contributed by atoms with Crippen molar-refractivity contribution in [1.29, 1.82) is 0 Å². The van der Waals surface area contributed by atoms with Crippen LogP contribution in [0.1, 0.15) is 45.9 Å². The van der Waals surface area contributed by atoms with Gasteiger partial charge in [0.25, 0.3) is 5.56 Å². The zero-order chi connectivity index (χ0) is 23.4. The number of benzene rings is 1. The molecular formula is C24H29N5O3S. The van der Waals surface area contributed by atoms with Gasteiger partial charge in [-0.25, -0.2) is 0 Å². The van der Waals surface area contributed by atoms with Crippen molar-refractivity contribution in [3.05, 3.63) is 51.9 Å². The van der Waals surface area contributed by atoms with Gasteiger partial charge in [0, 0.05) is 25.1 Å². The Hall–Kier alpha value is -3.20. The second-order valence-corrected chi connectivity index (χ2v) is 9.30. The summed E-state index contributed by atoms with van der Waals surface area (Å²) in [6.07, 6.45) is 2.47. The molecular weight excluding hydrogens is 438 g/mol. The summed E-state index contributed by atoms with van der Waals surface area (Å²) in [5.74, 6) is 2.54. The van der Waals surface area contributed by atoms with E-state index in [0.29, 0.717) is 48.8 Å². The van der Waals surface area contributed by atoms with Crippen LogP contribution in [0.4, 0.5) is 5.69 Å². The molecule has 0 unspecified atom stereocenters. The summed E-state index contributed by atoms with van der Waals surface area (Å²) >= 11 is 1.44. The number of thiophene rings is 1. The van der Waals surface area contributed by atoms with Crippen LogP contribution in [-0.2, 0) is 17.8 Å². The van der Waals surface area contributed by atoms with Crippen LogP contribution in [0.2, 0.25) is 0 Å². The molecule has 0 saturated carbocycles. The predicted molar refractivity (Wildman–Crippen MR) is 131 cm³/mol. The average Bonchev–Trinajstić information content (AvgIpc) is 3.42. The summed E-state index contributed by atoms with van der Waals surface area (Å²) in [7, 11) is 0. The Labute approximate surface area is 196 Å². The maximum Gasteiger partial charge on any atom is 0.272 e. The Morgan fingerprint density at radius 3 is 2.70 bits per heavy atom. The minimum atomic E-state index is -0.0532. The molecule has 3 heterocycles. The molecule has 4 aromatic rings. The van der Waals surface area contributed by atoms with Crippen molar-refractivity contribution in [2.24, 2.45) is 5.92 Å². The van der Waals surface area contributed by atoms with Gasteiger partial charge in [0.1, 0.15) is 16.3 Å². The monoisotopic (exact) mass is 467 g/mol. The van der Waals surface area contributed by atoms with Gasteiger partial charge in [0.05, 0.1) is 12.1 Å². The summed E-state index contributed by atoms with van der Waals surface area (Å²) in [6.45, 7) is 7.42. The molecule has 0 fully saturated rings. The van der Waals surface area contributed by atoms with Crippen LogP contribution in [0.15, 0.2) is 40.5 Å². The topological polar surface area (TPSA) is 90.5 Å². The molecule has 0 aliphatic carbocycles. The maximum absolute atomic E-state index is 13.0. The van der Waals surface area contributed by atoms with Crippen molar-refractivity contribution >= 4 is 38.9 Å². The molecule has 4 rings (SSSR count). The molecule has 1 N–H and O–H groups in total. The van der Waals surface area contributed by atoms with Crippen LogP contribution in [0, 0.1) is 5.92 Å². The van der Waals surface area contributed by atoms with Crippen LogP contribution < -0.4 is 15.6 Å². The molecule has 8 nitrogen and oxygen atoms in total. The number of carbonyl (C=O) groups is 1. The van der Waals surface area contributed by atoms with E-state index in [0.717, 1.165) is 29.2 Å². The number of rotatable bonds is 10. The van der Waals surface area contributed by atoms with Gasteiger partial charge in [-0.15, -0.1) is 21.5 Å². The summed E-state index contributed by atoms with van der Waals surface area (Å²) in [4.78, 5) is 25.4. The van der Waals surface area contributed by atoms with Crippen molar-refractivity contribution < 1.29 is 9.53 Å². The summed E-state index contributed by atoms with van der Waals surface area (Å²) in [5.41, 5.74) is 1.56. The number of carbonyl (C=O) groups excluding carboxylic acids is 1. The van der Waals surface area contributed by atoms with Crippen molar-refractivity contribution in [3.8, 4) is 5.75 Å². The lowest BCUT2D eigenvalue weighted by Gasteiger charge is -2.11. The second-order valence-electron chi connectivity index (χ2n) is 8.39. The molecule has 1 aromatic carbocycles. The van der Waals surface area contributed by atoms with Gasteiger partial charge in [-0.3, -0.25) is 18.6 Å². The number of anilines is 1. The van der Waals surface area contributed by atoms with E-state index in [4.69, 9.17) is 4.74 Å². The number of aromatic nitrogens is 4. The molecule has 0 radical (unpaired) electrons. The van der Waals surface area contributed by atoms with E-state index in [1.165, 1.54) is 11.3 Å². The van der Waals surface area contributed by atoms with Gasteiger partial charge in [-0.1, -0.05) is 13.8 Å². The Balaban J connectivity index is 1.47. The lowest BCUT2D eigenvalue weighted by molar-refractivity contribution is -0.116. The summed E-state index contributed by atoms with van der Waals surface area (Å²) in [6, 6.07) is 9.28. The Morgan fingerprint density at radius 2 is 1.97 bits per heavy atom. The zero-order valence-electron chi connectivity index (χ0n) is 19.2. The molecule has 9 heteroatoms. The van der Waals surface area contributed by atoms with E-state index >= 15 is 0 Å². The van der Waals surface area contributed by atoms with Crippen LogP contribution in [0.5, 0.6) is 5.75 Å². The van der Waals surface area contributed by atoms with Gasteiger partial charge < -0.3 is 10.1 Å². The third-order valence-electron chi connectivity index (χ3n) is 5.46. The first kappa shape index (κ1) is 23.0. The van der Waals surface area contributed by atoms with Crippen LogP contribution >= 0.6 is 11.3 Å². The number of fused-ring (bicyclic) bond motifs is 3. The summed E-state index contributed by atoms with van der Waals surface area (Å²) in [5, 5.41) is 13.6. The highest BCUT2D eigenvalue weighted by Gasteiger charge is 2.17. The van der Waals surface area contributed by atoms with Gasteiger partial charge in [-0.05, 0) is 61.4 Å². The smallest absolute Gasteiger partial charge is 0.272 e. The maximum atomic E-state index is 13.0. The Morgan fingerprint density at radius 1 is 1.18 bits per heavy atom. The molecule has 0 bridgehead atoms. The Kier molecular flexibility index (Phi) is 7.08. The number of ether oxygens (including phenoxy) is 1. The van der Waals surface area contributed by atoms with Gasteiger partial charge >= 0.3 is 0 Å². The molecule has 0 aliphatic rings. The van der Waals surface area contributed by atoms with Crippen molar-refractivity contribution in [1.82, 2.24) is 19.2 Å². The fourth-order valence-corrected chi connectivity index (χ4v) is 4.59. The molecule has 174 valence electrons. The normalized spacial score (nSPS) is 11.5.